The summed E-state index contributed by atoms with van der Waals surface area (Å²) in [5.41, 5.74) is 0. The minimum atomic E-state index is 0.0391. The Labute approximate surface area is 119 Å². The molecule has 3 aromatic carbocycles. The lowest BCUT2D eigenvalue weighted by Crippen LogP contribution is -1.99. The van der Waals surface area contributed by atoms with E-state index < -0.39 is 0 Å². The van der Waals surface area contributed by atoms with Gasteiger partial charge in [0.15, 0.2) is 23.0 Å². The van der Waals surface area contributed by atoms with Gasteiger partial charge in [-0.05, 0) is 29.7 Å². The third kappa shape index (κ3) is 1.53. The molecule has 0 unspecified atom stereocenters. The molecule has 1 aliphatic heterocycles. The van der Waals surface area contributed by atoms with Gasteiger partial charge in [-0.2, -0.15) is 0 Å². The number of fused-ring (bicyclic) bond motifs is 4. The van der Waals surface area contributed by atoms with Gasteiger partial charge in [0.1, 0.15) is 0 Å². The number of para-hydroxylation sites is 1. The van der Waals surface area contributed by atoms with Crippen molar-refractivity contribution in [3.63, 3.8) is 0 Å². The van der Waals surface area contributed by atoms with Crippen molar-refractivity contribution in [3.8, 4) is 28.7 Å². The van der Waals surface area contributed by atoms with Crippen molar-refractivity contribution < 1.29 is 14.6 Å². The van der Waals surface area contributed by atoms with Crippen LogP contribution in [0.4, 0.5) is 0 Å². The number of benzene rings is 3. The van der Waals surface area contributed by atoms with Gasteiger partial charge in [-0.15, -0.1) is 0 Å². The van der Waals surface area contributed by atoms with Crippen LogP contribution in [0.3, 0.4) is 0 Å². The van der Waals surface area contributed by atoms with Gasteiger partial charge in [0.05, 0.1) is 5.02 Å². The molecule has 1 N–H and O–H groups in total. The zero-order valence-corrected chi connectivity index (χ0v) is 11.0. The summed E-state index contributed by atoms with van der Waals surface area (Å²) in [5.74, 6) is 1.96. The third-order valence-electron chi connectivity index (χ3n) is 3.29. The Balaban J connectivity index is 2.01. The molecule has 0 radical (unpaired) electrons. The van der Waals surface area contributed by atoms with E-state index >= 15 is 0 Å². The van der Waals surface area contributed by atoms with E-state index in [2.05, 4.69) is 0 Å². The van der Waals surface area contributed by atoms with Gasteiger partial charge in [0.25, 0.3) is 0 Å². The lowest BCUT2D eigenvalue weighted by atomic mass is 10.1. The Hall–Kier alpha value is -2.39. The first-order chi connectivity index (χ1) is 9.74. The number of halogens is 1. The fraction of sp³-hybridized carbons (Fsp3) is 0. The smallest absolute Gasteiger partial charge is 0.211 e. The van der Waals surface area contributed by atoms with Crippen molar-refractivity contribution in [2.75, 3.05) is 0 Å². The quantitative estimate of drug-likeness (QED) is 0.488. The van der Waals surface area contributed by atoms with E-state index in [0.29, 0.717) is 28.0 Å². The van der Waals surface area contributed by atoms with Gasteiger partial charge in [0.2, 0.25) is 5.75 Å². The van der Waals surface area contributed by atoms with E-state index in [1.807, 2.05) is 24.3 Å². The van der Waals surface area contributed by atoms with Gasteiger partial charge in [-0.1, -0.05) is 35.9 Å². The topological polar surface area (TPSA) is 38.7 Å². The van der Waals surface area contributed by atoms with Crippen LogP contribution < -0.4 is 9.47 Å². The van der Waals surface area contributed by atoms with Crippen LogP contribution in [-0.2, 0) is 0 Å². The van der Waals surface area contributed by atoms with E-state index in [0.717, 1.165) is 10.8 Å². The summed E-state index contributed by atoms with van der Waals surface area (Å²) in [6.07, 6.45) is 0. The van der Waals surface area contributed by atoms with Crippen LogP contribution in [0.15, 0.2) is 48.5 Å². The van der Waals surface area contributed by atoms with Crippen LogP contribution in [0.2, 0.25) is 5.02 Å². The average Bonchev–Trinajstić information content (AvgIpc) is 2.46. The predicted octanol–water partition coefficient (Wildman–Crippen LogP) is 5.10. The Kier molecular flexibility index (Phi) is 2.32. The second kappa shape index (κ2) is 4.05. The van der Waals surface area contributed by atoms with Crippen LogP contribution in [-0.4, -0.2) is 5.11 Å². The summed E-state index contributed by atoms with van der Waals surface area (Å²) in [4.78, 5) is 0. The van der Waals surface area contributed by atoms with E-state index in [4.69, 9.17) is 21.1 Å². The molecule has 0 amide bonds. The molecule has 0 aromatic heterocycles. The van der Waals surface area contributed by atoms with Gasteiger partial charge >= 0.3 is 0 Å². The van der Waals surface area contributed by atoms with Crippen molar-refractivity contribution in [1.29, 1.82) is 0 Å². The fourth-order valence-corrected chi connectivity index (χ4v) is 2.64. The summed E-state index contributed by atoms with van der Waals surface area (Å²) in [6, 6.07) is 14.4. The maximum Gasteiger partial charge on any atom is 0.211 e. The SMILES string of the molecule is Oc1cccc2c1Oc1c(ccc3cccc(Cl)c13)O2. The van der Waals surface area contributed by atoms with Crippen molar-refractivity contribution in [1.82, 2.24) is 0 Å². The van der Waals surface area contributed by atoms with Gasteiger partial charge in [0, 0.05) is 5.39 Å². The highest BCUT2D eigenvalue weighted by molar-refractivity contribution is 6.36. The summed E-state index contributed by atoms with van der Waals surface area (Å²) in [6.45, 7) is 0. The second-order valence-corrected chi connectivity index (χ2v) is 4.95. The molecule has 3 nitrogen and oxygen atoms in total. The number of rotatable bonds is 0. The lowest BCUT2D eigenvalue weighted by Gasteiger charge is -2.22. The van der Waals surface area contributed by atoms with Crippen molar-refractivity contribution >= 4 is 22.4 Å². The molecule has 0 spiro atoms. The van der Waals surface area contributed by atoms with Crippen molar-refractivity contribution in [2.45, 2.75) is 0 Å². The molecular weight excluding hydrogens is 276 g/mol. The molecule has 0 atom stereocenters. The second-order valence-electron chi connectivity index (χ2n) is 4.54. The fourth-order valence-electron chi connectivity index (χ4n) is 2.37. The Morgan fingerprint density at radius 2 is 1.60 bits per heavy atom. The summed E-state index contributed by atoms with van der Waals surface area (Å²) in [5, 5.41) is 12.2. The Morgan fingerprint density at radius 3 is 2.50 bits per heavy atom. The van der Waals surface area contributed by atoms with Gasteiger partial charge in [-0.3, -0.25) is 0 Å². The number of hydrogen-bond acceptors (Lipinski definition) is 3. The van der Waals surface area contributed by atoms with Crippen LogP contribution in [0.25, 0.3) is 10.8 Å². The van der Waals surface area contributed by atoms with E-state index in [1.54, 1.807) is 24.3 Å². The highest BCUT2D eigenvalue weighted by Crippen LogP contribution is 2.52. The molecule has 4 heteroatoms. The zero-order chi connectivity index (χ0) is 13.7. The number of hydrogen-bond donors (Lipinski definition) is 1. The highest BCUT2D eigenvalue weighted by atomic mass is 35.5. The Bertz CT molecular complexity index is 842. The normalized spacial score (nSPS) is 12.2. The zero-order valence-electron chi connectivity index (χ0n) is 10.3. The Morgan fingerprint density at radius 1 is 0.800 bits per heavy atom. The third-order valence-corrected chi connectivity index (χ3v) is 3.61. The molecule has 0 saturated heterocycles. The molecule has 20 heavy (non-hydrogen) atoms. The average molecular weight is 285 g/mol. The molecule has 3 aromatic rings. The number of ether oxygens (including phenoxy) is 2. The molecule has 0 saturated carbocycles. The summed E-state index contributed by atoms with van der Waals surface area (Å²) in [7, 11) is 0. The molecule has 4 rings (SSSR count). The standard InChI is InChI=1S/C16H9ClO3/c17-10-4-1-3-9-7-8-13-16(14(9)10)20-15-11(18)5-2-6-12(15)19-13/h1-8,18H. The summed E-state index contributed by atoms with van der Waals surface area (Å²) >= 11 is 6.26. The van der Waals surface area contributed by atoms with E-state index in [9.17, 15) is 5.11 Å². The largest absolute Gasteiger partial charge is 0.504 e. The van der Waals surface area contributed by atoms with Crippen LogP contribution in [0.5, 0.6) is 28.7 Å². The van der Waals surface area contributed by atoms with Gasteiger partial charge < -0.3 is 14.6 Å². The number of aromatic hydroxyl groups is 1. The molecular formula is C16H9ClO3. The molecule has 1 heterocycles. The minimum Gasteiger partial charge on any atom is -0.504 e. The summed E-state index contributed by atoms with van der Waals surface area (Å²) < 4.78 is 11.6. The van der Waals surface area contributed by atoms with Crippen LogP contribution >= 0.6 is 11.6 Å². The molecule has 98 valence electrons. The maximum absolute atomic E-state index is 9.89. The maximum atomic E-state index is 9.89. The first-order valence-corrected chi connectivity index (χ1v) is 6.51. The van der Waals surface area contributed by atoms with E-state index in [-0.39, 0.29) is 5.75 Å². The van der Waals surface area contributed by atoms with Crippen LogP contribution in [0.1, 0.15) is 0 Å². The monoisotopic (exact) mass is 284 g/mol. The van der Waals surface area contributed by atoms with Gasteiger partial charge in [-0.25, -0.2) is 0 Å². The molecule has 0 fully saturated rings. The number of phenolic OH excluding ortho intramolecular Hbond substituents is 1. The minimum absolute atomic E-state index is 0.0391. The first kappa shape index (κ1) is 11.4. The van der Waals surface area contributed by atoms with E-state index in [1.165, 1.54) is 0 Å². The molecule has 0 aliphatic carbocycles. The lowest BCUT2D eigenvalue weighted by molar-refractivity contribution is 0.340. The first-order valence-electron chi connectivity index (χ1n) is 6.13. The molecule has 0 bridgehead atoms. The predicted molar refractivity (Wildman–Crippen MR) is 77.2 cm³/mol. The van der Waals surface area contributed by atoms with Crippen molar-refractivity contribution in [2.24, 2.45) is 0 Å². The van der Waals surface area contributed by atoms with Crippen LogP contribution in [0, 0.1) is 0 Å². The highest BCUT2D eigenvalue weighted by Gasteiger charge is 2.24. The molecule has 1 aliphatic rings. The van der Waals surface area contributed by atoms with Crippen molar-refractivity contribution in [3.05, 3.63) is 53.6 Å². The number of phenols is 1.